The lowest BCUT2D eigenvalue weighted by Crippen LogP contribution is -2.47. The highest BCUT2D eigenvalue weighted by Gasteiger charge is 2.28. The second-order valence-corrected chi connectivity index (χ2v) is 6.10. The topological polar surface area (TPSA) is 72.6 Å². The molecule has 0 saturated carbocycles. The molecular weight excluding hydrogens is 216 g/mol. The van der Waals surface area contributed by atoms with Crippen molar-refractivity contribution >= 4 is 10.0 Å². The van der Waals surface area contributed by atoms with Gasteiger partial charge in [0.2, 0.25) is 10.0 Å². The summed E-state index contributed by atoms with van der Waals surface area (Å²) in [6.07, 6.45) is 1.49. The molecule has 15 heavy (non-hydrogen) atoms. The largest absolute Gasteiger partial charge is 0.381 e. The third kappa shape index (κ3) is 3.71. The number of ether oxygens (including phenoxy) is 1. The summed E-state index contributed by atoms with van der Waals surface area (Å²) in [5.74, 6) is 0.0379. The summed E-state index contributed by atoms with van der Waals surface area (Å²) in [6, 6.07) is -0.0219. The maximum absolute atomic E-state index is 11.9. The van der Waals surface area contributed by atoms with E-state index in [0.29, 0.717) is 13.1 Å². The van der Waals surface area contributed by atoms with E-state index in [1.165, 1.54) is 11.4 Å². The summed E-state index contributed by atoms with van der Waals surface area (Å²) >= 11 is 0. The van der Waals surface area contributed by atoms with Crippen LogP contribution in [-0.2, 0) is 14.8 Å². The van der Waals surface area contributed by atoms with E-state index in [1.54, 1.807) is 6.92 Å². The standard InChI is InChI=1S/C9H20N2O3S/c1-8(14-2)7-15(12,13)11-5-3-4-9(10)6-11/h8-9H,3-7,10H2,1-2H3. The fourth-order valence-electron chi connectivity index (χ4n) is 1.70. The zero-order valence-electron chi connectivity index (χ0n) is 9.35. The number of nitrogens with zero attached hydrogens (tertiary/aromatic N) is 1. The van der Waals surface area contributed by atoms with Crippen molar-refractivity contribution in [3.63, 3.8) is 0 Å². The van der Waals surface area contributed by atoms with Crippen LogP contribution in [0.4, 0.5) is 0 Å². The Kier molecular flexibility index (Phi) is 4.51. The number of hydrogen-bond donors (Lipinski definition) is 1. The number of sulfonamides is 1. The van der Waals surface area contributed by atoms with Crippen molar-refractivity contribution in [2.45, 2.75) is 31.9 Å². The average molecular weight is 236 g/mol. The van der Waals surface area contributed by atoms with Crippen LogP contribution in [0, 0.1) is 0 Å². The summed E-state index contributed by atoms with van der Waals surface area (Å²) in [5.41, 5.74) is 5.75. The van der Waals surface area contributed by atoms with Crippen LogP contribution in [0.15, 0.2) is 0 Å². The van der Waals surface area contributed by atoms with Crippen LogP contribution in [0.1, 0.15) is 19.8 Å². The predicted octanol–water partition coefficient (Wildman–Crippen LogP) is -0.226. The van der Waals surface area contributed by atoms with Crippen LogP contribution in [-0.4, -0.2) is 50.8 Å². The normalized spacial score (nSPS) is 26.5. The highest BCUT2D eigenvalue weighted by molar-refractivity contribution is 7.89. The molecule has 0 aliphatic carbocycles. The highest BCUT2D eigenvalue weighted by atomic mass is 32.2. The molecule has 0 amide bonds. The van der Waals surface area contributed by atoms with Gasteiger partial charge in [-0.3, -0.25) is 0 Å². The van der Waals surface area contributed by atoms with Crippen LogP contribution in [0.3, 0.4) is 0 Å². The van der Waals surface area contributed by atoms with Crippen LogP contribution in [0.25, 0.3) is 0 Å². The van der Waals surface area contributed by atoms with Crippen molar-refractivity contribution in [1.82, 2.24) is 4.31 Å². The van der Waals surface area contributed by atoms with Gasteiger partial charge in [0.25, 0.3) is 0 Å². The highest BCUT2D eigenvalue weighted by Crippen LogP contribution is 2.14. The molecule has 0 spiro atoms. The molecule has 0 radical (unpaired) electrons. The Labute approximate surface area is 91.6 Å². The maximum Gasteiger partial charge on any atom is 0.216 e. The number of piperidine rings is 1. The molecule has 1 fully saturated rings. The van der Waals surface area contributed by atoms with E-state index in [4.69, 9.17) is 10.5 Å². The van der Waals surface area contributed by atoms with E-state index in [-0.39, 0.29) is 17.9 Å². The van der Waals surface area contributed by atoms with Gasteiger partial charge in [-0.1, -0.05) is 0 Å². The molecule has 2 N–H and O–H groups in total. The van der Waals surface area contributed by atoms with Gasteiger partial charge in [-0.15, -0.1) is 0 Å². The van der Waals surface area contributed by atoms with Crippen molar-refractivity contribution in [2.24, 2.45) is 5.73 Å². The molecule has 1 heterocycles. The SMILES string of the molecule is COC(C)CS(=O)(=O)N1CCCC(N)C1. The van der Waals surface area contributed by atoms with Gasteiger partial charge in [-0.2, -0.15) is 0 Å². The minimum atomic E-state index is -3.20. The molecule has 2 atom stereocenters. The van der Waals surface area contributed by atoms with E-state index >= 15 is 0 Å². The number of rotatable bonds is 4. The monoisotopic (exact) mass is 236 g/mol. The zero-order chi connectivity index (χ0) is 11.5. The second-order valence-electron chi connectivity index (χ2n) is 4.09. The first-order chi connectivity index (χ1) is 6.95. The summed E-state index contributed by atoms with van der Waals surface area (Å²) in [7, 11) is -1.68. The molecule has 0 bridgehead atoms. The molecule has 1 rings (SSSR count). The Morgan fingerprint density at radius 3 is 2.80 bits per heavy atom. The molecule has 90 valence electrons. The Morgan fingerprint density at radius 1 is 1.60 bits per heavy atom. The molecule has 2 unspecified atom stereocenters. The van der Waals surface area contributed by atoms with E-state index in [2.05, 4.69) is 0 Å². The van der Waals surface area contributed by atoms with Crippen LogP contribution >= 0.6 is 0 Å². The summed E-state index contributed by atoms with van der Waals surface area (Å²) in [4.78, 5) is 0. The first kappa shape index (κ1) is 12.9. The first-order valence-electron chi connectivity index (χ1n) is 5.22. The lowest BCUT2D eigenvalue weighted by Gasteiger charge is -2.30. The van der Waals surface area contributed by atoms with Crippen molar-refractivity contribution in [1.29, 1.82) is 0 Å². The van der Waals surface area contributed by atoms with Gasteiger partial charge in [0, 0.05) is 26.2 Å². The van der Waals surface area contributed by atoms with Gasteiger partial charge < -0.3 is 10.5 Å². The minimum Gasteiger partial charge on any atom is -0.381 e. The Balaban J connectivity index is 2.60. The molecule has 6 heteroatoms. The first-order valence-corrected chi connectivity index (χ1v) is 6.83. The molecule has 1 aliphatic heterocycles. The fourth-order valence-corrected chi connectivity index (χ4v) is 3.46. The lowest BCUT2D eigenvalue weighted by atomic mass is 10.1. The molecule has 1 aliphatic rings. The molecule has 5 nitrogen and oxygen atoms in total. The van der Waals surface area contributed by atoms with E-state index in [1.807, 2.05) is 0 Å². The zero-order valence-corrected chi connectivity index (χ0v) is 10.2. The molecule has 0 aromatic heterocycles. The molecular formula is C9H20N2O3S. The van der Waals surface area contributed by atoms with Crippen molar-refractivity contribution in [3.05, 3.63) is 0 Å². The third-order valence-corrected chi connectivity index (χ3v) is 4.67. The second kappa shape index (κ2) is 5.25. The lowest BCUT2D eigenvalue weighted by molar-refractivity contribution is 0.134. The van der Waals surface area contributed by atoms with Crippen molar-refractivity contribution < 1.29 is 13.2 Å². The van der Waals surface area contributed by atoms with E-state index in [0.717, 1.165) is 12.8 Å². The number of methoxy groups -OCH3 is 1. The fraction of sp³-hybridized carbons (Fsp3) is 1.00. The summed E-state index contributed by atoms with van der Waals surface area (Å²) in [6.45, 7) is 2.78. The Morgan fingerprint density at radius 2 is 2.27 bits per heavy atom. The minimum absolute atomic E-state index is 0.0219. The van der Waals surface area contributed by atoms with E-state index in [9.17, 15) is 8.42 Å². The van der Waals surface area contributed by atoms with Crippen molar-refractivity contribution in [2.75, 3.05) is 26.0 Å². The van der Waals surface area contributed by atoms with Crippen LogP contribution in [0.5, 0.6) is 0 Å². The maximum atomic E-state index is 11.9. The smallest absolute Gasteiger partial charge is 0.216 e. The van der Waals surface area contributed by atoms with Gasteiger partial charge in [0.15, 0.2) is 0 Å². The van der Waals surface area contributed by atoms with E-state index < -0.39 is 10.0 Å². The van der Waals surface area contributed by atoms with Gasteiger partial charge in [-0.05, 0) is 19.8 Å². The Bertz CT molecular complexity index is 292. The van der Waals surface area contributed by atoms with Crippen LogP contribution in [0.2, 0.25) is 0 Å². The summed E-state index contributed by atoms with van der Waals surface area (Å²) < 4.78 is 30.2. The Hall–Kier alpha value is -0.170. The molecule has 1 saturated heterocycles. The third-order valence-electron chi connectivity index (χ3n) is 2.66. The van der Waals surface area contributed by atoms with Gasteiger partial charge in [0.05, 0.1) is 11.9 Å². The van der Waals surface area contributed by atoms with Gasteiger partial charge in [0.1, 0.15) is 0 Å². The van der Waals surface area contributed by atoms with Crippen LogP contribution < -0.4 is 5.73 Å². The molecule has 0 aromatic rings. The quantitative estimate of drug-likeness (QED) is 0.732. The molecule has 0 aromatic carbocycles. The van der Waals surface area contributed by atoms with Gasteiger partial charge >= 0.3 is 0 Å². The number of hydrogen-bond acceptors (Lipinski definition) is 4. The van der Waals surface area contributed by atoms with Crippen molar-refractivity contribution in [3.8, 4) is 0 Å². The van der Waals surface area contributed by atoms with Gasteiger partial charge in [-0.25, -0.2) is 12.7 Å². The summed E-state index contributed by atoms with van der Waals surface area (Å²) in [5, 5.41) is 0. The predicted molar refractivity (Wildman–Crippen MR) is 59.0 cm³/mol. The average Bonchev–Trinajstić information content (AvgIpc) is 2.17. The number of nitrogens with two attached hydrogens (primary N) is 1.